The van der Waals surface area contributed by atoms with Crippen LogP contribution in [-0.2, 0) is 20.2 Å². The highest BCUT2D eigenvalue weighted by molar-refractivity contribution is 7.89. The van der Waals surface area contributed by atoms with Crippen molar-refractivity contribution in [2.75, 3.05) is 38.5 Å². The molecule has 150 valence electrons. The summed E-state index contributed by atoms with van der Waals surface area (Å²) >= 11 is 0. The van der Waals surface area contributed by atoms with E-state index in [1.54, 1.807) is 6.92 Å². The number of amides is 1. The Labute approximate surface area is 162 Å². The lowest BCUT2D eigenvalue weighted by Gasteiger charge is -2.40. The molecule has 2 fully saturated rings. The minimum absolute atomic E-state index is 0.0350. The van der Waals surface area contributed by atoms with Crippen LogP contribution in [0.25, 0.3) is 0 Å². The fraction of sp³-hybridized carbons (Fsp3) is 0.650. The smallest absolute Gasteiger partial charge is 0.230 e. The molecule has 2 N–H and O–H groups in total. The zero-order valence-corrected chi connectivity index (χ0v) is 16.9. The summed E-state index contributed by atoms with van der Waals surface area (Å²) in [5.74, 6) is 0.607. The number of nitrogens with one attached hydrogen (secondary N) is 2. The summed E-state index contributed by atoms with van der Waals surface area (Å²) in [6.45, 7) is 5.13. The van der Waals surface area contributed by atoms with Crippen molar-refractivity contribution in [2.24, 2.45) is 5.92 Å². The quantitative estimate of drug-likeness (QED) is 0.768. The molecule has 0 aliphatic carbocycles. The van der Waals surface area contributed by atoms with Gasteiger partial charge in [0.15, 0.2) is 0 Å². The molecule has 2 aliphatic rings. The first-order chi connectivity index (χ1) is 13.0. The second kappa shape index (κ2) is 8.71. The number of carbonyl (C=O) groups is 1. The maximum atomic E-state index is 13.3. The van der Waals surface area contributed by atoms with Gasteiger partial charge in [-0.15, -0.1) is 0 Å². The van der Waals surface area contributed by atoms with Crippen molar-refractivity contribution in [3.05, 3.63) is 35.9 Å². The summed E-state index contributed by atoms with van der Waals surface area (Å²) in [7, 11) is -3.22. The first-order valence-corrected chi connectivity index (χ1v) is 11.6. The Bertz CT molecular complexity index is 722. The number of hydrogen-bond donors (Lipinski definition) is 2. The van der Waals surface area contributed by atoms with E-state index in [0.29, 0.717) is 38.4 Å². The van der Waals surface area contributed by atoms with Crippen LogP contribution in [-0.4, -0.2) is 57.1 Å². The van der Waals surface area contributed by atoms with Crippen LogP contribution in [0.4, 0.5) is 0 Å². The highest BCUT2D eigenvalue weighted by atomic mass is 32.2. The van der Waals surface area contributed by atoms with Crippen molar-refractivity contribution < 1.29 is 13.2 Å². The lowest BCUT2D eigenvalue weighted by atomic mass is 9.72. The van der Waals surface area contributed by atoms with Crippen LogP contribution < -0.4 is 10.6 Å². The number of hydrogen-bond acceptors (Lipinski definition) is 4. The third kappa shape index (κ3) is 4.52. The minimum Gasteiger partial charge on any atom is -0.355 e. The summed E-state index contributed by atoms with van der Waals surface area (Å²) in [6.07, 6.45) is 3.32. The zero-order chi connectivity index (χ0) is 19.3. The van der Waals surface area contributed by atoms with Gasteiger partial charge < -0.3 is 10.6 Å². The molecule has 1 atom stereocenters. The Morgan fingerprint density at radius 1 is 1.26 bits per heavy atom. The fourth-order valence-electron chi connectivity index (χ4n) is 4.24. The summed E-state index contributed by atoms with van der Waals surface area (Å²) in [5.41, 5.74) is 0.334. The lowest BCUT2D eigenvalue weighted by Crippen LogP contribution is -2.54. The van der Waals surface area contributed by atoms with Gasteiger partial charge in [-0.05, 0) is 57.2 Å². The van der Waals surface area contributed by atoms with Gasteiger partial charge in [0.05, 0.1) is 11.2 Å². The van der Waals surface area contributed by atoms with Gasteiger partial charge >= 0.3 is 0 Å². The zero-order valence-electron chi connectivity index (χ0n) is 16.1. The summed E-state index contributed by atoms with van der Waals surface area (Å²) < 4.78 is 26.0. The molecule has 27 heavy (non-hydrogen) atoms. The maximum Gasteiger partial charge on any atom is 0.230 e. The van der Waals surface area contributed by atoms with E-state index in [9.17, 15) is 13.2 Å². The van der Waals surface area contributed by atoms with Crippen molar-refractivity contribution in [2.45, 2.75) is 38.0 Å². The monoisotopic (exact) mass is 393 g/mol. The van der Waals surface area contributed by atoms with E-state index in [1.807, 2.05) is 30.3 Å². The number of rotatable bonds is 6. The summed E-state index contributed by atoms with van der Waals surface area (Å²) in [6, 6.07) is 9.83. The summed E-state index contributed by atoms with van der Waals surface area (Å²) in [5, 5.41) is 6.57. The number of nitrogens with zero attached hydrogens (tertiary/aromatic N) is 1. The molecule has 2 heterocycles. The molecule has 0 spiro atoms. The Morgan fingerprint density at radius 2 is 1.96 bits per heavy atom. The Balaban J connectivity index is 1.75. The van der Waals surface area contributed by atoms with E-state index >= 15 is 0 Å². The normalized spacial score (nSPS) is 23.7. The lowest BCUT2D eigenvalue weighted by molar-refractivity contribution is -0.128. The molecular weight excluding hydrogens is 362 g/mol. The number of benzene rings is 1. The van der Waals surface area contributed by atoms with Crippen LogP contribution in [0.5, 0.6) is 0 Å². The largest absolute Gasteiger partial charge is 0.355 e. The third-order valence-corrected chi connectivity index (χ3v) is 7.93. The minimum atomic E-state index is -3.22. The Kier molecular flexibility index (Phi) is 6.55. The van der Waals surface area contributed by atoms with Crippen LogP contribution in [0.15, 0.2) is 30.3 Å². The van der Waals surface area contributed by atoms with Crippen molar-refractivity contribution >= 4 is 15.9 Å². The second-order valence-corrected chi connectivity index (χ2v) is 9.93. The van der Waals surface area contributed by atoms with Crippen LogP contribution in [0.1, 0.15) is 38.2 Å². The third-order valence-electron chi connectivity index (χ3n) is 6.05. The Morgan fingerprint density at radius 3 is 2.56 bits per heavy atom. The van der Waals surface area contributed by atoms with Crippen LogP contribution >= 0.6 is 0 Å². The molecule has 0 bridgehead atoms. The standard InChI is InChI=1S/C20H31N3O3S/c1-2-27(25,26)23-13-10-20(11-14-23,18-8-4-3-5-9-18)19(24)22-16-17-7-6-12-21-15-17/h3-5,8-9,17,21H,2,6-7,10-16H2,1H3,(H,22,24). The van der Waals surface area contributed by atoms with Gasteiger partial charge in [0.1, 0.15) is 0 Å². The van der Waals surface area contributed by atoms with E-state index in [0.717, 1.165) is 31.5 Å². The van der Waals surface area contributed by atoms with Gasteiger partial charge in [-0.2, -0.15) is 0 Å². The highest BCUT2D eigenvalue weighted by Crippen LogP contribution is 2.36. The highest BCUT2D eigenvalue weighted by Gasteiger charge is 2.44. The molecule has 7 heteroatoms. The van der Waals surface area contributed by atoms with Crippen molar-refractivity contribution in [3.8, 4) is 0 Å². The first-order valence-electron chi connectivity index (χ1n) is 10.0. The molecule has 1 amide bonds. The van der Waals surface area contributed by atoms with E-state index in [-0.39, 0.29) is 11.7 Å². The van der Waals surface area contributed by atoms with Gasteiger partial charge in [-0.1, -0.05) is 30.3 Å². The molecular formula is C20H31N3O3S. The molecule has 1 aromatic carbocycles. The summed E-state index contributed by atoms with van der Waals surface area (Å²) in [4.78, 5) is 13.3. The van der Waals surface area contributed by atoms with Crippen molar-refractivity contribution in [1.29, 1.82) is 0 Å². The van der Waals surface area contributed by atoms with Crippen LogP contribution in [0.3, 0.4) is 0 Å². The van der Waals surface area contributed by atoms with Crippen LogP contribution in [0.2, 0.25) is 0 Å². The van der Waals surface area contributed by atoms with Gasteiger partial charge in [0, 0.05) is 19.6 Å². The van der Waals surface area contributed by atoms with E-state index in [1.165, 1.54) is 4.31 Å². The average Bonchev–Trinajstić information content (AvgIpc) is 2.73. The van der Waals surface area contributed by atoms with E-state index in [4.69, 9.17) is 0 Å². The average molecular weight is 394 g/mol. The second-order valence-electron chi connectivity index (χ2n) is 7.67. The van der Waals surface area contributed by atoms with Gasteiger partial charge in [0.2, 0.25) is 15.9 Å². The molecule has 6 nitrogen and oxygen atoms in total. The van der Waals surface area contributed by atoms with Crippen LogP contribution in [0, 0.1) is 5.92 Å². The molecule has 2 aliphatic heterocycles. The predicted molar refractivity (Wildman–Crippen MR) is 107 cm³/mol. The van der Waals surface area contributed by atoms with E-state index < -0.39 is 15.4 Å². The number of sulfonamides is 1. The number of piperidine rings is 2. The molecule has 1 unspecified atom stereocenters. The SMILES string of the molecule is CCS(=O)(=O)N1CCC(C(=O)NCC2CCCNC2)(c2ccccc2)CC1. The van der Waals surface area contributed by atoms with E-state index in [2.05, 4.69) is 10.6 Å². The fourth-order valence-corrected chi connectivity index (χ4v) is 5.34. The molecule has 0 radical (unpaired) electrons. The first kappa shape index (κ1) is 20.3. The number of carbonyl (C=O) groups excluding carboxylic acids is 1. The van der Waals surface area contributed by atoms with Gasteiger partial charge in [-0.25, -0.2) is 12.7 Å². The maximum absolute atomic E-state index is 13.3. The van der Waals surface area contributed by atoms with Crippen molar-refractivity contribution in [1.82, 2.24) is 14.9 Å². The molecule has 0 aromatic heterocycles. The predicted octanol–water partition coefficient (Wildman–Crippen LogP) is 1.49. The van der Waals surface area contributed by atoms with Gasteiger partial charge in [0.25, 0.3) is 0 Å². The van der Waals surface area contributed by atoms with Crippen molar-refractivity contribution in [3.63, 3.8) is 0 Å². The Hall–Kier alpha value is -1.44. The molecule has 0 saturated carbocycles. The molecule has 1 aromatic rings. The molecule has 3 rings (SSSR count). The molecule has 2 saturated heterocycles. The van der Waals surface area contributed by atoms with Gasteiger partial charge in [-0.3, -0.25) is 4.79 Å². The topological polar surface area (TPSA) is 78.5 Å².